The summed E-state index contributed by atoms with van der Waals surface area (Å²) in [6, 6.07) is 4.07. The molecule has 2 N–H and O–H groups in total. The molecule has 0 aromatic heterocycles. The Balaban J connectivity index is 1.81. The van der Waals surface area contributed by atoms with Gasteiger partial charge in [0.1, 0.15) is 12.4 Å². The highest BCUT2D eigenvalue weighted by Gasteiger charge is 2.48. The van der Waals surface area contributed by atoms with Gasteiger partial charge in [0.05, 0.1) is 0 Å². The van der Waals surface area contributed by atoms with Crippen LogP contribution < -0.4 is 10.5 Å². The number of rotatable bonds is 5. The van der Waals surface area contributed by atoms with Crippen molar-refractivity contribution in [3.05, 3.63) is 28.8 Å². The van der Waals surface area contributed by atoms with Gasteiger partial charge >= 0.3 is 0 Å². The molecule has 1 aliphatic carbocycles. The molecule has 5 nitrogen and oxygen atoms in total. The van der Waals surface area contributed by atoms with Gasteiger partial charge in [-0.1, -0.05) is 32.1 Å². The Hall–Kier alpha value is -2.04. The molecule has 142 valence electrons. The van der Waals surface area contributed by atoms with E-state index in [0.717, 1.165) is 25.0 Å². The Morgan fingerprint density at radius 1 is 1.19 bits per heavy atom. The third-order valence-electron chi connectivity index (χ3n) is 6.10. The largest absolute Gasteiger partial charge is 0.490 e. The van der Waals surface area contributed by atoms with Crippen molar-refractivity contribution in [2.45, 2.75) is 64.8 Å². The summed E-state index contributed by atoms with van der Waals surface area (Å²) in [6.45, 7) is 6.52. The van der Waals surface area contributed by atoms with E-state index in [1.54, 1.807) is 7.05 Å². The normalized spacial score (nSPS) is 24.1. The number of carbonyl (C=O) groups is 1. The van der Waals surface area contributed by atoms with Gasteiger partial charge in [0.2, 0.25) is 0 Å². The molecule has 1 atom stereocenters. The Bertz CT molecular complexity index is 699. The van der Waals surface area contributed by atoms with E-state index in [9.17, 15) is 4.79 Å². The molecule has 1 aromatic rings. The first-order chi connectivity index (χ1) is 12.3. The van der Waals surface area contributed by atoms with E-state index in [-0.39, 0.29) is 12.5 Å². The average Bonchev–Trinajstić information content (AvgIpc) is 2.83. The van der Waals surface area contributed by atoms with Crippen molar-refractivity contribution in [2.24, 2.45) is 16.6 Å². The van der Waals surface area contributed by atoms with Gasteiger partial charge in [-0.3, -0.25) is 9.69 Å². The van der Waals surface area contributed by atoms with Crippen LogP contribution in [0, 0.1) is 26.7 Å². The zero-order valence-corrected chi connectivity index (χ0v) is 16.5. The maximum Gasteiger partial charge on any atom is 0.260 e. The van der Waals surface area contributed by atoms with Gasteiger partial charge in [0.25, 0.3) is 5.91 Å². The minimum atomic E-state index is -0.881. The molecule has 1 aromatic carbocycles. The van der Waals surface area contributed by atoms with Crippen molar-refractivity contribution in [3.63, 3.8) is 0 Å². The van der Waals surface area contributed by atoms with E-state index < -0.39 is 5.54 Å². The van der Waals surface area contributed by atoms with Crippen molar-refractivity contribution < 1.29 is 9.53 Å². The number of hydrogen-bond acceptors (Lipinski definition) is 4. The first-order valence-electron chi connectivity index (χ1n) is 9.66. The highest BCUT2D eigenvalue weighted by atomic mass is 16.5. The van der Waals surface area contributed by atoms with E-state index >= 15 is 0 Å². The first kappa shape index (κ1) is 18.7. The van der Waals surface area contributed by atoms with Crippen LogP contribution in [-0.4, -0.2) is 36.0 Å². The molecule has 1 aliphatic heterocycles. The molecule has 1 saturated carbocycles. The van der Waals surface area contributed by atoms with Gasteiger partial charge in [-0.05, 0) is 61.9 Å². The highest BCUT2D eigenvalue weighted by molar-refractivity contribution is 6.06. The Kier molecular flexibility index (Phi) is 5.26. The van der Waals surface area contributed by atoms with E-state index in [2.05, 4.69) is 25.8 Å². The Morgan fingerprint density at radius 3 is 2.35 bits per heavy atom. The van der Waals surface area contributed by atoms with E-state index in [1.165, 1.54) is 40.9 Å². The number of hydrogen-bond donors (Lipinski definition) is 1. The number of likely N-dealkylation sites (N-methyl/N-ethyl adjacent to an activating group) is 1. The lowest BCUT2D eigenvalue weighted by Crippen LogP contribution is -2.47. The van der Waals surface area contributed by atoms with Crippen LogP contribution >= 0.6 is 0 Å². The number of benzene rings is 1. The molecule has 0 bridgehead atoms. The lowest BCUT2D eigenvalue weighted by Gasteiger charge is -2.31. The van der Waals surface area contributed by atoms with Crippen LogP contribution in [0.3, 0.4) is 0 Å². The molecular weight excluding hydrogens is 326 g/mol. The molecule has 0 radical (unpaired) electrons. The molecule has 3 rings (SSSR count). The standard InChI is InChI=1S/C21H31N3O2/c1-14-10-18(11-15(2)16(14)3)26-13-21(12-17-8-6-5-7-9-17)19(25)24(4)20(22)23-21/h10-11,17H,5-9,12-13H2,1-4H3,(H2,22,23). The van der Waals surface area contributed by atoms with E-state index in [1.807, 2.05) is 12.1 Å². The molecule has 1 heterocycles. The topological polar surface area (TPSA) is 67.9 Å². The maximum atomic E-state index is 13.0. The van der Waals surface area contributed by atoms with Gasteiger partial charge in [-0.2, -0.15) is 0 Å². The third-order valence-corrected chi connectivity index (χ3v) is 6.10. The van der Waals surface area contributed by atoms with Crippen molar-refractivity contribution in [1.29, 1.82) is 0 Å². The van der Waals surface area contributed by atoms with Crippen LogP contribution in [0.25, 0.3) is 0 Å². The van der Waals surface area contributed by atoms with Crippen molar-refractivity contribution in [2.75, 3.05) is 13.7 Å². The van der Waals surface area contributed by atoms with Gasteiger partial charge in [0.15, 0.2) is 11.5 Å². The molecule has 1 fully saturated rings. The van der Waals surface area contributed by atoms with Gasteiger partial charge in [-0.25, -0.2) is 4.99 Å². The zero-order valence-electron chi connectivity index (χ0n) is 16.5. The first-order valence-corrected chi connectivity index (χ1v) is 9.66. The fraction of sp³-hybridized carbons (Fsp3) is 0.619. The number of aryl methyl sites for hydroxylation is 2. The lowest BCUT2D eigenvalue weighted by molar-refractivity contribution is -0.132. The summed E-state index contributed by atoms with van der Waals surface area (Å²) >= 11 is 0. The predicted octanol–water partition coefficient (Wildman–Crippen LogP) is 3.49. The fourth-order valence-electron chi connectivity index (χ4n) is 4.20. The zero-order chi connectivity index (χ0) is 18.9. The molecule has 0 saturated heterocycles. The van der Waals surface area contributed by atoms with E-state index in [0.29, 0.717) is 11.9 Å². The second-order valence-corrected chi connectivity index (χ2v) is 8.04. The minimum Gasteiger partial charge on any atom is -0.490 e. The molecular formula is C21H31N3O2. The number of amides is 1. The third kappa shape index (κ3) is 3.57. The SMILES string of the molecule is Cc1cc(OCC2(CC3CCCCC3)N=C(N)N(C)C2=O)cc(C)c1C. The van der Waals surface area contributed by atoms with Crippen LogP contribution in [0.2, 0.25) is 0 Å². The molecule has 1 amide bonds. The van der Waals surface area contributed by atoms with E-state index in [4.69, 9.17) is 10.5 Å². The second kappa shape index (κ2) is 7.29. The quantitative estimate of drug-likeness (QED) is 0.877. The molecule has 5 heteroatoms. The Labute approximate surface area is 156 Å². The number of ether oxygens (including phenoxy) is 1. The molecule has 26 heavy (non-hydrogen) atoms. The molecule has 0 spiro atoms. The van der Waals surface area contributed by atoms with Crippen molar-refractivity contribution in [3.8, 4) is 5.75 Å². The van der Waals surface area contributed by atoms with Gasteiger partial charge < -0.3 is 10.5 Å². The summed E-state index contributed by atoms with van der Waals surface area (Å²) in [5.41, 5.74) is 8.76. The smallest absolute Gasteiger partial charge is 0.260 e. The fourth-order valence-corrected chi connectivity index (χ4v) is 4.20. The van der Waals surface area contributed by atoms with Crippen LogP contribution in [-0.2, 0) is 4.79 Å². The maximum absolute atomic E-state index is 13.0. The summed E-state index contributed by atoms with van der Waals surface area (Å²) in [6.07, 6.45) is 6.82. The Morgan fingerprint density at radius 2 is 1.81 bits per heavy atom. The van der Waals surface area contributed by atoms with Gasteiger partial charge in [-0.15, -0.1) is 0 Å². The number of carbonyl (C=O) groups excluding carboxylic acids is 1. The predicted molar refractivity (Wildman–Crippen MR) is 104 cm³/mol. The van der Waals surface area contributed by atoms with Crippen molar-refractivity contribution >= 4 is 11.9 Å². The van der Waals surface area contributed by atoms with Crippen LogP contribution in [0.5, 0.6) is 5.75 Å². The summed E-state index contributed by atoms with van der Waals surface area (Å²) in [5.74, 6) is 1.57. The number of aliphatic imine (C=N–C) groups is 1. The molecule has 1 unspecified atom stereocenters. The molecule has 2 aliphatic rings. The number of nitrogens with zero attached hydrogens (tertiary/aromatic N) is 2. The van der Waals surface area contributed by atoms with Crippen LogP contribution in [0.1, 0.15) is 55.2 Å². The highest BCUT2D eigenvalue weighted by Crippen LogP contribution is 2.36. The number of guanidine groups is 1. The lowest BCUT2D eigenvalue weighted by atomic mass is 9.79. The summed E-state index contributed by atoms with van der Waals surface area (Å²) < 4.78 is 6.11. The average molecular weight is 357 g/mol. The minimum absolute atomic E-state index is 0.0406. The monoisotopic (exact) mass is 357 g/mol. The summed E-state index contributed by atoms with van der Waals surface area (Å²) in [7, 11) is 1.70. The van der Waals surface area contributed by atoms with Crippen LogP contribution in [0.4, 0.5) is 0 Å². The second-order valence-electron chi connectivity index (χ2n) is 8.04. The van der Waals surface area contributed by atoms with Crippen molar-refractivity contribution in [1.82, 2.24) is 4.90 Å². The summed E-state index contributed by atoms with van der Waals surface area (Å²) in [5, 5.41) is 0. The summed E-state index contributed by atoms with van der Waals surface area (Å²) in [4.78, 5) is 19.0. The van der Waals surface area contributed by atoms with Crippen LogP contribution in [0.15, 0.2) is 17.1 Å². The van der Waals surface area contributed by atoms with Gasteiger partial charge in [0, 0.05) is 7.05 Å². The number of nitrogens with two attached hydrogens (primary N) is 1.